The zero-order valence-electron chi connectivity index (χ0n) is 7.32. The van der Waals surface area contributed by atoms with Crippen LogP contribution < -0.4 is 5.73 Å². The van der Waals surface area contributed by atoms with Crippen LogP contribution in [0, 0.1) is 0 Å². The smallest absolute Gasteiger partial charge is 0.278 e. The molecule has 0 unspecified atom stereocenters. The van der Waals surface area contributed by atoms with E-state index in [4.69, 9.17) is 16.4 Å². The quantitative estimate of drug-likeness (QED) is 0.830. The lowest BCUT2D eigenvalue weighted by atomic mass is 10.2. The van der Waals surface area contributed by atoms with Gasteiger partial charge in [0.25, 0.3) is 15.5 Å². The Morgan fingerprint density at radius 1 is 1.53 bits per heavy atom. The van der Waals surface area contributed by atoms with E-state index in [1.54, 1.807) is 0 Å². The van der Waals surface area contributed by atoms with Crippen molar-refractivity contribution in [2.45, 2.75) is 18.0 Å². The Labute approximate surface area is 89.5 Å². The Morgan fingerprint density at radius 2 is 2.13 bits per heavy atom. The van der Waals surface area contributed by atoms with Gasteiger partial charge in [-0.3, -0.25) is 0 Å². The molecule has 0 amide bonds. The summed E-state index contributed by atoms with van der Waals surface area (Å²) in [6.45, 7) is -0.227. The lowest BCUT2D eigenvalue weighted by molar-refractivity contribution is 0.150. The minimum atomic E-state index is -4.05. The van der Waals surface area contributed by atoms with Crippen molar-refractivity contribution in [2.75, 3.05) is 0 Å². The lowest BCUT2D eigenvalue weighted by Gasteiger charge is -2.05. The van der Waals surface area contributed by atoms with Gasteiger partial charge in [0.15, 0.2) is 5.03 Å². The van der Waals surface area contributed by atoms with Gasteiger partial charge >= 0.3 is 0 Å². The van der Waals surface area contributed by atoms with E-state index in [1.807, 2.05) is 0 Å². The fourth-order valence-corrected chi connectivity index (χ4v) is 2.05. The van der Waals surface area contributed by atoms with Gasteiger partial charge in [-0.2, -0.15) is 0 Å². The minimum Gasteiger partial charge on any atom is -0.326 e. The molecule has 0 radical (unpaired) electrons. The Morgan fingerprint density at radius 3 is 2.53 bits per heavy atom. The predicted octanol–water partition coefficient (Wildman–Crippen LogP) is 1.41. The van der Waals surface area contributed by atoms with Gasteiger partial charge in [-0.15, -0.1) is 0 Å². The average molecular weight is 257 g/mol. The second kappa shape index (κ2) is 4.38. The second-order valence-corrected chi connectivity index (χ2v) is 5.16. The monoisotopic (exact) mass is 256 g/mol. The van der Waals surface area contributed by atoms with Crippen LogP contribution in [0.5, 0.6) is 0 Å². The zero-order chi connectivity index (χ0) is 11.6. The summed E-state index contributed by atoms with van der Waals surface area (Å²) in [7, 11) is 0.989. The standard InChI is InChI=1S/C7H7ClF2N2O2S/c8-15(13,14)7-4(2-11)1-5(3-12-7)6(9)10/h1,3,6H,2,11H2. The number of hydrogen-bond acceptors (Lipinski definition) is 4. The SMILES string of the molecule is NCc1cc(C(F)F)cnc1S(=O)(=O)Cl. The predicted molar refractivity (Wildman–Crippen MR) is 50.1 cm³/mol. The molecule has 4 nitrogen and oxygen atoms in total. The highest BCUT2D eigenvalue weighted by Crippen LogP contribution is 2.23. The van der Waals surface area contributed by atoms with Gasteiger partial charge in [0, 0.05) is 34.6 Å². The molecule has 1 aromatic heterocycles. The van der Waals surface area contributed by atoms with Gasteiger partial charge < -0.3 is 5.73 Å². The van der Waals surface area contributed by atoms with E-state index in [9.17, 15) is 17.2 Å². The fraction of sp³-hybridized carbons (Fsp3) is 0.286. The van der Waals surface area contributed by atoms with Crippen LogP contribution in [0.1, 0.15) is 17.6 Å². The molecule has 2 N–H and O–H groups in total. The van der Waals surface area contributed by atoms with E-state index in [2.05, 4.69) is 4.98 Å². The van der Waals surface area contributed by atoms with Crippen LogP contribution in [0.15, 0.2) is 17.3 Å². The zero-order valence-corrected chi connectivity index (χ0v) is 8.89. The first-order chi connectivity index (χ1) is 6.86. The summed E-state index contributed by atoms with van der Waals surface area (Å²) < 4.78 is 46.4. The molecule has 0 bridgehead atoms. The second-order valence-electron chi connectivity index (χ2n) is 2.68. The maximum absolute atomic E-state index is 12.2. The molecule has 1 aromatic rings. The van der Waals surface area contributed by atoms with Crippen molar-refractivity contribution >= 4 is 19.7 Å². The van der Waals surface area contributed by atoms with Gasteiger partial charge in [-0.05, 0) is 6.07 Å². The number of nitrogens with two attached hydrogens (primary N) is 1. The highest BCUT2D eigenvalue weighted by molar-refractivity contribution is 8.13. The lowest BCUT2D eigenvalue weighted by Crippen LogP contribution is -2.07. The molecule has 0 aliphatic rings. The van der Waals surface area contributed by atoms with E-state index in [1.165, 1.54) is 0 Å². The molecular weight excluding hydrogens is 250 g/mol. The molecule has 0 aromatic carbocycles. The molecule has 1 rings (SSSR count). The summed E-state index contributed by atoms with van der Waals surface area (Å²) in [4.78, 5) is 3.36. The number of alkyl halides is 2. The molecule has 0 fully saturated rings. The van der Waals surface area contributed by atoms with Crippen molar-refractivity contribution in [3.8, 4) is 0 Å². The molecule has 0 saturated heterocycles. The van der Waals surface area contributed by atoms with Crippen LogP contribution in [0.4, 0.5) is 8.78 Å². The maximum atomic E-state index is 12.2. The Bertz CT molecular complexity index is 464. The van der Waals surface area contributed by atoms with Gasteiger partial charge in [0.05, 0.1) is 0 Å². The number of hydrogen-bond donors (Lipinski definition) is 1. The molecular formula is C7H7ClF2N2O2S. The summed E-state index contributed by atoms with van der Waals surface area (Å²) in [6, 6.07) is 0.979. The third kappa shape index (κ3) is 2.83. The normalized spacial score (nSPS) is 12.1. The maximum Gasteiger partial charge on any atom is 0.278 e. The summed E-state index contributed by atoms with van der Waals surface area (Å²) in [5, 5.41) is -0.476. The number of halogens is 3. The van der Waals surface area contributed by atoms with Gasteiger partial charge in [0.1, 0.15) is 0 Å². The number of nitrogens with zero attached hydrogens (tertiary/aromatic N) is 1. The van der Waals surface area contributed by atoms with Crippen molar-refractivity contribution in [1.82, 2.24) is 4.98 Å². The highest BCUT2D eigenvalue weighted by Gasteiger charge is 2.19. The van der Waals surface area contributed by atoms with E-state index < -0.39 is 20.5 Å². The van der Waals surface area contributed by atoms with Crippen molar-refractivity contribution < 1.29 is 17.2 Å². The van der Waals surface area contributed by atoms with Gasteiger partial charge in [-0.25, -0.2) is 22.2 Å². The highest BCUT2D eigenvalue weighted by atomic mass is 35.7. The Hall–Kier alpha value is -0.790. The summed E-state index contributed by atoms with van der Waals surface area (Å²) >= 11 is 0. The topological polar surface area (TPSA) is 73.0 Å². The van der Waals surface area contributed by atoms with Gasteiger partial charge in [0.2, 0.25) is 0 Å². The third-order valence-electron chi connectivity index (χ3n) is 1.65. The van der Waals surface area contributed by atoms with E-state index in [-0.39, 0.29) is 17.7 Å². The van der Waals surface area contributed by atoms with Crippen molar-refractivity contribution in [3.63, 3.8) is 0 Å². The van der Waals surface area contributed by atoms with E-state index in [0.717, 1.165) is 12.3 Å². The molecule has 0 aliphatic heterocycles. The average Bonchev–Trinajstić information content (AvgIpc) is 2.15. The van der Waals surface area contributed by atoms with Crippen molar-refractivity contribution in [2.24, 2.45) is 5.73 Å². The van der Waals surface area contributed by atoms with Crippen LogP contribution in [0.3, 0.4) is 0 Å². The fourth-order valence-electron chi connectivity index (χ4n) is 1.00. The molecule has 0 saturated carbocycles. The molecule has 15 heavy (non-hydrogen) atoms. The summed E-state index contributed by atoms with van der Waals surface area (Å²) in [5.41, 5.74) is 4.79. The molecule has 1 heterocycles. The van der Waals surface area contributed by atoms with Crippen molar-refractivity contribution in [3.05, 3.63) is 23.4 Å². The van der Waals surface area contributed by atoms with E-state index >= 15 is 0 Å². The molecule has 0 atom stereocenters. The van der Waals surface area contributed by atoms with Crippen LogP contribution >= 0.6 is 10.7 Å². The third-order valence-corrected chi connectivity index (χ3v) is 2.92. The first-order valence-electron chi connectivity index (χ1n) is 3.78. The van der Waals surface area contributed by atoms with Crippen molar-refractivity contribution in [1.29, 1.82) is 0 Å². The van der Waals surface area contributed by atoms with Gasteiger partial charge in [-0.1, -0.05) is 0 Å². The Kier molecular flexibility index (Phi) is 3.58. The van der Waals surface area contributed by atoms with Crippen LogP contribution in [-0.4, -0.2) is 13.4 Å². The number of aromatic nitrogens is 1. The molecule has 0 spiro atoms. The van der Waals surface area contributed by atoms with E-state index in [0.29, 0.717) is 0 Å². The minimum absolute atomic E-state index is 0.0252. The molecule has 84 valence electrons. The largest absolute Gasteiger partial charge is 0.326 e. The first-order valence-corrected chi connectivity index (χ1v) is 6.09. The van der Waals surface area contributed by atoms with Crippen LogP contribution in [0.2, 0.25) is 0 Å². The summed E-state index contributed by atoms with van der Waals surface area (Å²) in [5.74, 6) is 0. The molecule has 8 heteroatoms. The van der Waals surface area contributed by atoms with Crippen LogP contribution in [0.25, 0.3) is 0 Å². The number of rotatable bonds is 3. The Balaban J connectivity index is 3.34. The first kappa shape index (κ1) is 12.3. The summed E-state index contributed by atoms with van der Waals surface area (Å²) in [6.07, 6.45) is -1.96. The van der Waals surface area contributed by atoms with Crippen LogP contribution in [-0.2, 0) is 15.6 Å². The molecule has 0 aliphatic carbocycles. The number of pyridine rings is 1.